The number of hydrogen-bond donors (Lipinski definition) is 1. The number of ether oxygens (including phenoxy) is 1. The van der Waals surface area contributed by atoms with Crippen LogP contribution in [0, 0.1) is 18.8 Å². The summed E-state index contributed by atoms with van der Waals surface area (Å²) >= 11 is 0. The summed E-state index contributed by atoms with van der Waals surface area (Å²) in [6.07, 6.45) is -6.38. The third-order valence-electron chi connectivity index (χ3n) is 4.53. The van der Waals surface area contributed by atoms with Crippen LogP contribution in [0.15, 0.2) is 4.79 Å². The number of nitrogens with one attached hydrogen (secondary N) is 1. The topological polar surface area (TPSA) is 94.3 Å². The fraction of sp³-hybridized carbons (Fsp3) is 0.529. The molecule has 1 N–H and O–H groups in total. The van der Waals surface area contributed by atoms with Crippen molar-refractivity contribution >= 4 is 23.1 Å². The summed E-state index contributed by atoms with van der Waals surface area (Å²) < 4.78 is 45.5. The monoisotopic (exact) mass is 412 g/mol. The summed E-state index contributed by atoms with van der Waals surface area (Å²) in [7, 11) is 1.56. The normalized spacial score (nSPS) is 17.2. The van der Waals surface area contributed by atoms with E-state index in [1.54, 1.807) is 20.9 Å². The molecule has 1 unspecified atom stereocenters. The number of alkyl halides is 3. The van der Waals surface area contributed by atoms with Crippen molar-refractivity contribution in [1.82, 2.24) is 24.4 Å². The van der Waals surface area contributed by atoms with Gasteiger partial charge in [-0.3, -0.25) is 13.9 Å². The molecule has 29 heavy (non-hydrogen) atoms. The van der Waals surface area contributed by atoms with Gasteiger partial charge in [0.15, 0.2) is 17.4 Å². The molecule has 0 radical (unpaired) electrons. The van der Waals surface area contributed by atoms with Gasteiger partial charge in [0, 0.05) is 20.1 Å². The standard InChI is InChI=1S/C17H19F3N6O3/c1-4-5-7-26-12-13(22-10(2)24(3)14(12)27)23-16(26)25-8-6-21-9-11(25)29-15(28)17(18,19)20/h11,21H,6-9H2,1-3H3. The van der Waals surface area contributed by atoms with Crippen LogP contribution in [-0.4, -0.2) is 57.1 Å². The molecule has 1 atom stereocenters. The minimum atomic E-state index is -5.12. The summed E-state index contributed by atoms with van der Waals surface area (Å²) in [5.41, 5.74) is -0.0312. The molecule has 1 aliphatic rings. The van der Waals surface area contributed by atoms with E-state index in [4.69, 9.17) is 0 Å². The van der Waals surface area contributed by atoms with Crippen molar-refractivity contribution in [2.45, 2.75) is 32.8 Å². The number of aromatic nitrogens is 4. The van der Waals surface area contributed by atoms with Gasteiger partial charge in [0.05, 0.1) is 13.1 Å². The Bertz CT molecular complexity index is 1060. The lowest BCUT2D eigenvalue weighted by Crippen LogP contribution is -2.55. The van der Waals surface area contributed by atoms with Gasteiger partial charge in [-0.15, -0.1) is 5.92 Å². The van der Waals surface area contributed by atoms with E-state index in [9.17, 15) is 22.8 Å². The molecule has 2 aromatic heterocycles. The van der Waals surface area contributed by atoms with Crippen molar-refractivity contribution in [2.75, 3.05) is 24.5 Å². The molecule has 0 spiro atoms. The second kappa shape index (κ2) is 7.75. The summed E-state index contributed by atoms with van der Waals surface area (Å²) in [5.74, 6) is 3.85. The zero-order valence-corrected chi connectivity index (χ0v) is 16.0. The third kappa shape index (κ3) is 3.91. The van der Waals surface area contributed by atoms with E-state index in [2.05, 4.69) is 31.9 Å². The van der Waals surface area contributed by atoms with Crippen LogP contribution in [0.1, 0.15) is 12.7 Å². The molecule has 1 fully saturated rings. The first-order valence-electron chi connectivity index (χ1n) is 8.73. The fourth-order valence-electron chi connectivity index (χ4n) is 2.98. The zero-order valence-electron chi connectivity index (χ0n) is 16.0. The molecule has 2 aromatic rings. The number of piperazine rings is 1. The Morgan fingerprint density at radius 2 is 2.10 bits per heavy atom. The molecule has 0 saturated carbocycles. The highest BCUT2D eigenvalue weighted by molar-refractivity contribution is 5.77. The number of rotatable bonds is 3. The number of nitrogens with zero attached hydrogens (tertiary/aromatic N) is 5. The molecule has 1 aliphatic heterocycles. The zero-order chi connectivity index (χ0) is 21.3. The minimum Gasteiger partial charge on any atom is -0.433 e. The minimum absolute atomic E-state index is 0.0328. The largest absolute Gasteiger partial charge is 0.491 e. The smallest absolute Gasteiger partial charge is 0.433 e. The predicted molar refractivity (Wildman–Crippen MR) is 97.1 cm³/mol. The summed E-state index contributed by atoms with van der Waals surface area (Å²) in [5, 5.41) is 2.88. The van der Waals surface area contributed by atoms with Gasteiger partial charge in [0.25, 0.3) is 5.56 Å². The number of halogens is 3. The predicted octanol–water partition coefficient (Wildman–Crippen LogP) is 0.303. The van der Waals surface area contributed by atoms with Gasteiger partial charge in [0.1, 0.15) is 5.82 Å². The Balaban J connectivity index is 2.12. The maximum atomic E-state index is 12.8. The Morgan fingerprint density at radius 3 is 2.76 bits per heavy atom. The molecule has 12 heteroatoms. The van der Waals surface area contributed by atoms with E-state index in [0.717, 1.165) is 0 Å². The number of carbonyl (C=O) groups excluding carboxylic acids is 1. The van der Waals surface area contributed by atoms with Crippen LogP contribution in [-0.2, 0) is 23.1 Å². The Kier molecular flexibility index (Phi) is 5.52. The maximum Gasteiger partial charge on any atom is 0.491 e. The molecule has 3 rings (SSSR count). The van der Waals surface area contributed by atoms with E-state index in [1.807, 2.05) is 0 Å². The molecule has 0 aliphatic carbocycles. The van der Waals surface area contributed by atoms with E-state index >= 15 is 0 Å². The van der Waals surface area contributed by atoms with E-state index < -0.39 is 18.4 Å². The first-order chi connectivity index (χ1) is 13.6. The lowest BCUT2D eigenvalue weighted by atomic mass is 10.3. The van der Waals surface area contributed by atoms with Crippen molar-refractivity contribution in [1.29, 1.82) is 0 Å². The summed E-state index contributed by atoms with van der Waals surface area (Å²) in [4.78, 5) is 34.2. The number of esters is 1. The van der Waals surface area contributed by atoms with E-state index in [1.165, 1.54) is 14.0 Å². The Morgan fingerprint density at radius 1 is 1.38 bits per heavy atom. The Labute approximate surface area is 163 Å². The fourth-order valence-corrected chi connectivity index (χ4v) is 2.98. The molecule has 0 aromatic carbocycles. The third-order valence-corrected chi connectivity index (χ3v) is 4.53. The first kappa shape index (κ1) is 20.7. The first-order valence-corrected chi connectivity index (χ1v) is 8.73. The lowest BCUT2D eigenvalue weighted by Gasteiger charge is -2.36. The molecule has 9 nitrogen and oxygen atoms in total. The number of hydrogen-bond acceptors (Lipinski definition) is 7. The highest BCUT2D eigenvalue weighted by Gasteiger charge is 2.44. The highest BCUT2D eigenvalue weighted by Crippen LogP contribution is 2.25. The number of carbonyl (C=O) groups is 1. The van der Waals surface area contributed by atoms with Gasteiger partial charge in [-0.25, -0.2) is 9.78 Å². The van der Waals surface area contributed by atoms with Crippen molar-refractivity contribution in [3.05, 3.63) is 16.2 Å². The number of anilines is 1. The SMILES string of the molecule is CC#CCn1c(N2CCNCC2OC(=O)C(F)(F)F)nc2nc(C)n(C)c(=O)c21. The van der Waals surface area contributed by atoms with Gasteiger partial charge in [-0.1, -0.05) is 5.92 Å². The number of fused-ring (bicyclic) bond motifs is 1. The molecular formula is C17H19F3N6O3. The summed E-state index contributed by atoms with van der Waals surface area (Å²) in [6, 6.07) is 0. The molecular weight excluding hydrogens is 393 g/mol. The molecule has 3 heterocycles. The van der Waals surface area contributed by atoms with Gasteiger partial charge in [-0.2, -0.15) is 18.2 Å². The molecule has 0 amide bonds. The van der Waals surface area contributed by atoms with Gasteiger partial charge in [0.2, 0.25) is 5.95 Å². The second-order valence-corrected chi connectivity index (χ2v) is 6.38. The molecule has 1 saturated heterocycles. The van der Waals surface area contributed by atoms with Crippen LogP contribution in [0.3, 0.4) is 0 Å². The molecule has 156 valence electrons. The Hall–Kier alpha value is -3.07. The van der Waals surface area contributed by atoms with E-state index in [-0.39, 0.29) is 42.3 Å². The van der Waals surface area contributed by atoms with Crippen molar-refractivity contribution in [3.8, 4) is 11.8 Å². The average molecular weight is 412 g/mol. The van der Waals surface area contributed by atoms with Gasteiger partial charge in [-0.05, 0) is 13.8 Å². The van der Waals surface area contributed by atoms with Gasteiger partial charge < -0.3 is 15.0 Å². The maximum absolute atomic E-state index is 12.8. The number of aryl methyl sites for hydroxylation is 1. The van der Waals surface area contributed by atoms with Crippen LogP contribution in [0.2, 0.25) is 0 Å². The molecule has 0 bridgehead atoms. The quantitative estimate of drug-likeness (QED) is 0.573. The van der Waals surface area contributed by atoms with Crippen molar-refractivity contribution in [3.63, 3.8) is 0 Å². The average Bonchev–Trinajstić information content (AvgIpc) is 3.02. The van der Waals surface area contributed by atoms with Crippen LogP contribution in [0.4, 0.5) is 19.1 Å². The highest BCUT2D eigenvalue weighted by atomic mass is 19.4. The van der Waals surface area contributed by atoms with Crippen LogP contribution in [0.25, 0.3) is 11.2 Å². The number of imidazole rings is 1. The van der Waals surface area contributed by atoms with E-state index in [0.29, 0.717) is 12.4 Å². The van der Waals surface area contributed by atoms with Crippen molar-refractivity contribution in [2.24, 2.45) is 7.05 Å². The van der Waals surface area contributed by atoms with Crippen molar-refractivity contribution < 1.29 is 22.7 Å². The van der Waals surface area contributed by atoms with Crippen LogP contribution >= 0.6 is 0 Å². The lowest BCUT2D eigenvalue weighted by molar-refractivity contribution is -0.205. The van der Waals surface area contributed by atoms with Crippen LogP contribution < -0.4 is 15.8 Å². The second-order valence-electron chi connectivity index (χ2n) is 6.38. The van der Waals surface area contributed by atoms with Crippen LogP contribution in [0.5, 0.6) is 0 Å². The van der Waals surface area contributed by atoms with Gasteiger partial charge >= 0.3 is 12.1 Å². The summed E-state index contributed by atoms with van der Waals surface area (Å²) in [6.45, 7) is 3.94.